The van der Waals surface area contributed by atoms with Crippen LogP contribution in [0.1, 0.15) is 66.8 Å². The van der Waals surface area contributed by atoms with Crippen LogP contribution in [-0.2, 0) is 10.9 Å². The molecule has 3 aromatic rings. The van der Waals surface area contributed by atoms with E-state index in [0.717, 1.165) is 43.2 Å². The van der Waals surface area contributed by atoms with Crippen LogP contribution in [0.4, 0.5) is 23.8 Å². The number of amides is 2. The first-order chi connectivity index (χ1) is 19.7. The number of piperidine rings is 1. The molecule has 0 aliphatic carbocycles. The number of benzene rings is 1. The summed E-state index contributed by atoms with van der Waals surface area (Å²) in [7, 11) is 0. The molecule has 2 aromatic heterocycles. The Morgan fingerprint density at radius 2 is 1.90 bits per heavy atom. The summed E-state index contributed by atoms with van der Waals surface area (Å²) in [5.74, 6) is -0.794. The van der Waals surface area contributed by atoms with Gasteiger partial charge in [0.15, 0.2) is 0 Å². The Morgan fingerprint density at radius 3 is 2.55 bits per heavy atom. The molecule has 1 atom stereocenters. The zero-order chi connectivity index (χ0) is 30.7. The van der Waals surface area contributed by atoms with Crippen molar-refractivity contribution in [3.05, 3.63) is 71.2 Å². The van der Waals surface area contributed by atoms with Gasteiger partial charge < -0.3 is 25.7 Å². The summed E-state index contributed by atoms with van der Waals surface area (Å²) in [5, 5.41) is 9.73. The van der Waals surface area contributed by atoms with Gasteiger partial charge in [-0.3, -0.25) is 10.2 Å². The van der Waals surface area contributed by atoms with Gasteiger partial charge in [0.25, 0.3) is 5.91 Å². The number of aromatic amines is 1. The number of hydrogen-bond donors (Lipinski definition) is 4. The molecule has 0 bridgehead atoms. The number of hydrogen-bond acceptors (Lipinski definition) is 5. The van der Waals surface area contributed by atoms with Gasteiger partial charge >= 0.3 is 12.3 Å². The predicted octanol–water partition coefficient (Wildman–Crippen LogP) is 5.77. The Hall–Kier alpha value is -4.68. The molecule has 5 N–H and O–H groups in total. The third-order valence-electron chi connectivity index (χ3n) is 6.60. The maximum absolute atomic E-state index is 13.0. The minimum atomic E-state index is -4.56. The minimum absolute atomic E-state index is 0.0310. The highest BCUT2D eigenvalue weighted by Crippen LogP contribution is 2.33. The van der Waals surface area contributed by atoms with E-state index in [2.05, 4.69) is 20.3 Å². The largest absolute Gasteiger partial charge is 0.444 e. The summed E-state index contributed by atoms with van der Waals surface area (Å²) in [6, 6.07) is 9.91. The third-order valence-corrected chi connectivity index (χ3v) is 6.60. The first-order valence-corrected chi connectivity index (χ1v) is 13.2. The van der Waals surface area contributed by atoms with Crippen LogP contribution in [0.2, 0.25) is 0 Å². The van der Waals surface area contributed by atoms with Crippen molar-refractivity contribution in [3.63, 3.8) is 0 Å². The number of pyridine rings is 1. The number of aliphatic imine (C=N–C) groups is 1. The number of carbonyl (C=O) groups is 2. The van der Waals surface area contributed by atoms with Crippen molar-refractivity contribution in [3.8, 4) is 11.1 Å². The molecule has 42 heavy (non-hydrogen) atoms. The van der Waals surface area contributed by atoms with Gasteiger partial charge in [-0.25, -0.2) is 14.8 Å². The lowest BCUT2D eigenvalue weighted by Gasteiger charge is -2.33. The van der Waals surface area contributed by atoms with Crippen LogP contribution >= 0.6 is 0 Å². The molecule has 0 spiro atoms. The average Bonchev–Trinajstić information content (AvgIpc) is 3.38. The van der Waals surface area contributed by atoms with Crippen LogP contribution in [0, 0.1) is 5.41 Å². The number of nitrogens with two attached hydrogens (primary N) is 1. The Bertz CT molecular complexity index is 1490. The molecule has 1 saturated heterocycles. The Balaban J connectivity index is 1.57. The third kappa shape index (κ3) is 7.33. The number of alkyl halides is 3. The molecule has 0 saturated carbocycles. The number of likely N-dealkylation sites (tertiary alicyclic amines) is 1. The molecule has 1 aliphatic rings. The Morgan fingerprint density at radius 1 is 1.19 bits per heavy atom. The summed E-state index contributed by atoms with van der Waals surface area (Å²) in [5.41, 5.74) is 7.51. The highest BCUT2D eigenvalue weighted by Gasteiger charge is 2.31. The number of rotatable bonds is 6. The maximum atomic E-state index is 13.0. The minimum Gasteiger partial charge on any atom is -0.444 e. The standard InChI is InChI=1S/C29H32F3N7O3/c1-28(2,3)42-27(41)39-12-4-5-19(15-39)22-14-21(24(37-22)25(34)36-16-33)17-6-8-18(9-7-17)26(40)38-23-13-20(10-11-35-23)29(30,31)32/h6-11,13-14,16,19,37H,4-5,12,15H2,1-3H3,(H3,33,34,36)(H,35,38,40). The van der Waals surface area contributed by atoms with Crippen LogP contribution in [0.25, 0.3) is 11.1 Å². The monoisotopic (exact) mass is 583 g/mol. The van der Waals surface area contributed by atoms with Gasteiger partial charge in [-0.15, -0.1) is 0 Å². The summed E-state index contributed by atoms with van der Waals surface area (Å²) in [6.07, 6.45) is -1.53. The molecule has 1 unspecified atom stereocenters. The molecule has 1 aromatic carbocycles. The van der Waals surface area contributed by atoms with Crippen molar-refractivity contribution in [1.29, 1.82) is 5.41 Å². The topological polar surface area (TPSA) is 150 Å². The number of halogens is 3. The van der Waals surface area contributed by atoms with Crippen molar-refractivity contribution in [1.82, 2.24) is 14.9 Å². The molecule has 4 rings (SSSR count). The molecular formula is C29H32F3N7O3. The van der Waals surface area contributed by atoms with Crippen molar-refractivity contribution >= 4 is 30.0 Å². The van der Waals surface area contributed by atoms with Crippen molar-refractivity contribution in [2.24, 2.45) is 10.7 Å². The van der Waals surface area contributed by atoms with Crippen LogP contribution in [0.15, 0.2) is 53.7 Å². The molecular weight excluding hydrogens is 551 g/mol. The first-order valence-electron chi connectivity index (χ1n) is 13.2. The van der Waals surface area contributed by atoms with E-state index in [-0.39, 0.29) is 29.2 Å². The number of H-pyrrole nitrogens is 1. The second-order valence-corrected chi connectivity index (χ2v) is 10.9. The van der Waals surface area contributed by atoms with Crippen molar-refractivity contribution in [2.45, 2.75) is 51.3 Å². The average molecular weight is 584 g/mol. The van der Waals surface area contributed by atoms with E-state index in [1.54, 1.807) is 17.0 Å². The van der Waals surface area contributed by atoms with Crippen LogP contribution in [0.3, 0.4) is 0 Å². The normalized spacial score (nSPS) is 16.2. The number of aromatic nitrogens is 2. The van der Waals surface area contributed by atoms with Crippen LogP contribution < -0.4 is 11.1 Å². The van der Waals surface area contributed by atoms with Gasteiger partial charge in [-0.2, -0.15) is 13.2 Å². The Labute approximate surface area is 240 Å². The number of ether oxygens (including phenoxy) is 1. The van der Waals surface area contributed by atoms with Crippen LogP contribution in [-0.4, -0.2) is 57.7 Å². The summed E-state index contributed by atoms with van der Waals surface area (Å²) >= 11 is 0. The molecule has 1 fully saturated rings. The highest BCUT2D eigenvalue weighted by molar-refractivity contribution is 6.06. The van der Waals surface area contributed by atoms with E-state index in [1.807, 2.05) is 26.8 Å². The molecule has 3 heterocycles. The predicted molar refractivity (Wildman–Crippen MR) is 153 cm³/mol. The fraction of sp³-hybridized carbons (Fsp3) is 0.345. The zero-order valence-corrected chi connectivity index (χ0v) is 23.4. The van der Waals surface area contributed by atoms with E-state index in [4.69, 9.17) is 15.9 Å². The number of carbonyl (C=O) groups excluding carboxylic acids is 2. The fourth-order valence-corrected chi connectivity index (χ4v) is 4.65. The zero-order valence-electron chi connectivity index (χ0n) is 23.4. The lowest BCUT2D eigenvalue weighted by atomic mass is 9.94. The summed E-state index contributed by atoms with van der Waals surface area (Å²) in [4.78, 5) is 38.1. The van der Waals surface area contributed by atoms with E-state index >= 15 is 0 Å². The number of anilines is 1. The quantitative estimate of drug-likeness (QED) is 0.215. The molecule has 10 nitrogen and oxygen atoms in total. The van der Waals surface area contributed by atoms with Crippen molar-refractivity contribution in [2.75, 3.05) is 18.4 Å². The second kappa shape index (κ2) is 12.0. The van der Waals surface area contributed by atoms with Gasteiger partial charge in [-0.05, 0) is 69.5 Å². The fourth-order valence-electron chi connectivity index (χ4n) is 4.65. The second-order valence-electron chi connectivity index (χ2n) is 10.9. The van der Waals surface area contributed by atoms with E-state index in [9.17, 15) is 22.8 Å². The highest BCUT2D eigenvalue weighted by atomic mass is 19.4. The molecule has 0 radical (unpaired) electrons. The molecule has 2 amide bonds. The van der Waals surface area contributed by atoms with E-state index in [1.165, 1.54) is 12.1 Å². The summed E-state index contributed by atoms with van der Waals surface area (Å²) in [6.45, 7) is 6.48. The van der Waals surface area contributed by atoms with Gasteiger partial charge in [0.1, 0.15) is 23.6 Å². The van der Waals surface area contributed by atoms with Crippen molar-refractivity contribution < 1.29 is 27.5 Å². The lowest BCUT2D eigenvalue weighted by molar-refractivity contribution is -0.137. The van der Waals surface area contributed by atoms with Gasteiger partial charge in [0, 0.05) is 42.0 Å². The first kappa shape index (κ1) is 30.3. The maximum Gasteiger partial charge on any atom is 0.416 e. The number of amidine groups is 1. The lowest BCUT2D eigenvalue weighted by Crippen LogP contribution is -2.42. The Kier molecular flexibility index (Phi) is 8.69. The summed E-state index contributed by atoms with van der Waals surface area (Å²) < 4.78 is 44.6. The SMILES string of the molecule is CC(C)(C)OC(=O)N1CCCC(c2cc(-c3ccc(C(=O)Nc4cc(C(F)(F)F)ccn4)cc3)c(C(N)=NC=N)[nH]2)C1. The molecule has 1 aliphatic heterocycles. The smallest absolute Gasteiger partial charge is 0.416 e. The molecule has 13 heteroatoms. The van der Waals surface area contributed by atoms with Gasteiger partial charge in [-0.1, -0.05) is 12.1 Å². The van der Waals surface area contributed by atoms with E-state index in [0.29, 0.717) is 29.9 Å². The van der Waals surface area contributed by atoms with Crippen LogP contribution in [0.5, 0.6) is 0 Å². The number of nitrogens with zero attached hydrogens (tertiary/aromatic N) is 3. The number of nitrogens with one attached hydrogen (secondary N) is 3. The van der Waals surface area contributed by atoms with E-state index < -0.39 is 23.2 Å². The van der Waals surface area contributed by atoms with Gasteiger partial charge in [0.2, 0.25) is 0 Å². The molecule has 222 valence electrons. The van der Waals surface area contributed by atoms with Gasteiger partial charge in [0.05, 0.1) is 11.3 Å².